The third-order valence-corrected chi connectivity index (χ3v) is 18.4. The molecule has 3 nitrogen and oxygen atoms in total. The van der Waals surface area contributed by atoms with Gasteiger partial charge in [0.05, 0.1) is 11.2 Å². The summed E-state index contributed by atoms with van der Waals surface area (Å²) >= 11 is 0. The van der Waals surface area contributed by atoms with Crippen molar-refractivity contribution in [1.29, 1.82) is 0 Å². The SMILES string of the molecule is CC(C)(C)c1cccc(N2c3cc(C(C)(C)C)ccc3B3c4ccc5cc4N(c4ccc(C(C)(C)C)cc4-c4cccc(c4)C5(C)C)c4cc(N5c6ccc(C(C)(C)C)cc6C6(C)CCC56C)cc2c43)c1. The Morgan fingerprint density at radius 1 is 0.423 bits per heavy atom. The van der Waals surface area contributed by atoms with Gasteiger partial charge >= 0.3 is 0 Å². The first-order valence-corrected chi connectivity index (χ1v) is 26.6. The van der Waals surface area contributed by atoms with E-state index >= 15 is 0 Å². The van der Waals surface area contributed by atoms with Gasteiger partial charge in [-0.2, -0.15) is 0 Å². The van der Waals surface area contributed by atoms with Gasteiger partial charge in [0.1, 0.15) is 0 Å². The second-order valence-electron chi connectivity index (χ2n) is 27.2. The first kappa shape index (κ1) is 46.1. The highest BCUT2D eigenvalue weighted by Crippen LogP contribution is 2.66. The van der Waals surface area contributed by atoms with E-state index in [9.17, 15) is 0 Å². The molecule has 1 fully saturated rings. The summed E-state index contributed by atoms with van der Waals surface area (Å²) in [6.45, 7) is 38.2. The quantitative estimate of drug-likeness (QED) is 0.160. The van der Waals surface area contributed by atoms with Crippen LogP contribution < -0.4 is 31.1 Å². The van der Waals surface area contributed by atoms with Crippen molar-refractivity contribution >= 4 is 68.6 Å². The van der Waals surface area contributed by atoms with E-state index in [-0.39, 0.29) is 44.7 Å². The average Bonchev–Trinajstić information content (AvgIpc) is 3.43. The molecule has 4 aliphatic heterocycles. The molecule has 2 unspecified atom stereocenters. The summed E-state index contributed by atoms with van der Waals surface area (Å²) in [5, 5.41) is 0. The maximum Gasteiger partial charge on any atom is 0.252 e. The number of nitrogens with zero attached hydrogens (tertiary/aromatic N) is 3. The zero-order chi connectivity index (χ0) is 50.3. The summed E-state index contributed by atoms with van der Waals surface area (Å²) in [6.07, 6.45) is 2.31. The summed E-state index contributed by atoms with van der Waals surface area (Å²) in [7, 11) is 0. The number of anilines is 8. The molecular formula is C67H74BN3. The van der Waals surface area contributed by atoms with Gasteiger partial charge in [0, 0.05) is 56.2 Å². The molecule has 71 heavy (non-hydrogen) atoms. The van der Waals surface area contributed by atoms with Crippen molar-refractivity contribution in [3.63, 3.8) is 0 Å². The molecule has 7 aromatic carbocycles. The van der Waals surface area contributed by atoms with E-state index in [1.165, 1.54) is 118 Å². The lowest BCUT2D eigenvalue weighted by molar-refractivity contribution is 0.133. The lowest BCUT2D eigenvalue weighted by atomic mass is 9.33. The highest BCUT2D eigenvalue weighted by atomic mass is 15.3. The normalized spacial score (nSPS) is 20.4. The number of hydrogen-bond donors (Lipinski definition) is 0. The monoisotopic (exact) mass is 932 g/mol. The Bertz CT molecular complexity index is 3400. The van der Waals surface area contributed by atoms with E-state index in [0.717, 1.165) is 6.42 Å². The van der Waals surface area contributed by atoms with E-state index in [1.807, 2.05) is 0 Å². The minimum Gasteiger partial charge on any atom is -0.334 e. The Morgan fingerprint density at radius 2 is 0.972 bits per heavy atom. The fraction of sp³-hybridized carbons (Fsp3) is 0.373. The largest absolute Gasteiger partial charge is 0.334 e. The highest BCUT2D eigenvalue weighted by molar-refractivity contribution is 7.00. The summed E-state index contributed by atoms with van der Waals surface area (Å²) < 4.78 is 0. The Balaban J connectivity index is 1.24. The van der Waals surface area contributed by atoms with Gasteiger partial charge in [0.2, 0.25) is 0 Å². The van der Waals surface area contributed by atoms with E-state index < -0.39 is 0 Å². The van der Waals surface area contributed by atoms with Gasteiger partial charge < -0.3 is 14.7 Å². The third-order valence-electron chi connectivity index (χ3n) is 18.4. The van der Waals surface area contributed by atoms with Crippen LogP contribution in [0.4, 0.5) is 45.5 Å². The Morgan fingerprint density at radius 3 is 1.62 bits per heavy atom. The van der Waals surface area contributed by atoms with Crippen LogP contribution in [0.25, 0.3) is 11.1 Å². The summed E-state index contributed by atoms with van der Waals surface area (Å²) in [4.78, 5) is 8.16. The maximum atomic E-state index is 2.79. The van der Waals surface area contributed by atoms with Crippen LogP contribution in [0.3, 0.4) is 0 Å². The predicted molar refractivity (Wildman–Crippen MR) is 306 cm³/mol. The fourth-order valence-electron chi connectivity index (χ4n) is 13.3. The van der Waals surface area contributed by atoms with Crippen LogP contribution >= 0.6 is 0 Å². The van der Waals surface area contributed by atoms with Crippen LogP contribution in [0.2, 0.25) is 0 Å². The number of fused-ring (bicyclic) bond motifs is 13. The van der Waals surface area contributed by atoms with E-state index in [0.29, 0.717) is 0 Å². The average molecular weight is 932 g/mol. The van der Waals surface area contributed by atoms with Gasteiger partial charge in [0.15, 0.2) is 0 Å². The molecule has 0 spiro atoms. The van der Waals surface area contributed by atoms with E-state index in [1.54, 1.807) is 0 Å². The van der Waals surface area contributed by atoms with Gasteiger partial charge in [-0.1, -0.05) is 183 Å². The van der Waals surface area contributed by atoms with Gasteiger partial charge in [-0.3, -0.25) is 0 Å². The predicted octanol–water partition coefficient (Wildman–Crippen LogP) is 16.2. The van der Waals surface area contributed by atoms with Crippen molar-refractivity contribution in [3.8, 4) is 11.1 Å². The molecule has 0 aromatic heterocycles. The van der Waals surface area contributed by atoms with Crippen molar-refractivity contribution in [2.45, 2.75) is 162 Å². The smallest absolute Gasteiger partial charge is 0.252 e. The molecule has 1 aliphatic carbocycles. The molecular weight excluding hydrogens is 858 g/mol. The first-order chi connectivity index (χ1) is 33.2. The lowest BCUT2D eigenvalue weighted by Gasteiger charge is -2.56. The maximum absolute atomic E-state index is 2.79. The van der Waals surface area contributed by atoms with Gasteiger partial charge in [-0.25, -0.2) is 0 Å². The fourth-order valence-corrected chi connectivity index (χ4v) is 13.3. The Labute approximate surface area is 426 Å². The molecule has 4 bridgehead atoms. The molecule has 4 heterocycles. The van der Waals surface area contributed by atoms with Crippen LogP contribution in [0, 0.1) is 0 Å². The lowest BCUT2D eigenvalue weighted by Crippen LogP contribution is -2.62. The van der Waals surface area contributed by atoms with Crippen molar-refractivity contribution in [1.82, 2.24) is 0 Å². The number of rotatable bonds is 2. The minimum atomic E-state index is -0.238. The van der Waals surface area contributed by atoms with Crippen LogP contribution in [-0.4, -0.2) is 12.3 Å². The molecule has 360 valence electrons. The summed E-state index contributed by atoms with van der Waals surface area (Å²) in [5.74, 6) is 0. The van der Waals surface area contributed by atoms with Crippen molar-refractivity contribution < 1.29 is 0 Å². The molecule has 0 amide bonds. The van der Waals surface area contributed by atoms with Crippen LogP contribution in [-0.2, 0) is 32.5 Å². The molecule has 0 N–H and O–H groups in total. The third kappa shape index (κ3) is 6.54. The molecule has 5 aliphatic rings. The zero-order valence-corrected chi connectivity index (χ0v) is 45.5. The van der Waals surface area contributed by atoms with Crippen LogP contribution in [0.1, 0.15) is 163 Å². The van der Waals surface area contributed by atoms with E-state index in [2.05, 4.69) is 259 Å². The minimum absolute atomic E-state index is 0.00589. The van der Waals surface area contributed by atoms with Crippen molar-refractivity contribution in [3.05, 3.63) is 172 Å². The molecule has 4 heteroatoms. The zero-order valence-electron chi connectivity index (χ0n) is 45.5. The Hall–Kier alpha value is -6.00. The topological polar surface area (TPSA) is 9.72 Å². The number of hydrogen-bond acceptors (Lipinski definition) is 3. The van der Waals surface area contributed by atoms with Gasteiger partial charge in [-0.15, -0.1) is 0 Å². The van der Waals surface area contributed by atoms with Gasteiger partial charge in [0.25, 0.3) is 6.71 Å². The van der Waals surface area contributed by atoms with Crippen molar-refractivity contribution in [2.75, 3.05) is 14.7 Å². The molecule has 12 rings (SSSR count). The van der Waals surface area contributed by atoms with E-state index in [4.69, 9.17) is 0 Å². The second-order valence-corrected chi connectivity index (χ2v) is 27.2. The molecule has 0 radical (unpaired) electrons. The summed E-state index contributed by atoms with van der Waals surface area (Å²) in [6, 6.07) is 53.9. The highest BCUT2D eigenvalue weighted by Gasteiger charge is 2.63. The molecule has 0 saturated heterocycles. The van der Waals surface area contributed by atoms with Crippen molar-refractivity contribution in [2.24, 2.45) is 0 Å². The first-order valence-electron chi connectivity index (χ1n) is 26.6. The summed E-state index contributed by atoms with van der Waals surface area (Å²) in [5.41, 5.74) is 25.9. The standard InChI is InChI=1S/C67H74BN3/c1-61(2,3)42-20-18-22-48(34-42)69-56-37-45(64(10,11)12)23-27-52(56)68-53-28-24-47-38-57(53)70(54-29-25-43(62(4,5)6)35-50(54)41-19-17-21-46(33-41)65(47,13)14)59-40-49(39-58(69)60(59)68)71-55-30-26-44(63(7,8)9)36-51(55)66(15)31-32-67(66,71)16/h17-30,33-40H,31-32H2,1-16H3. The van der Waals surface area contributed by atoms with Crippen LogP contribution in [0.15, 0.2) is 133 Å². The molecule has 7 aromatic rings. The number of benzene rings is 7. The Kier molecular flexibility index (Phi) is 9.47. The molecule has 2 atom stereocenters. The van der Waals surface area contributed by atoms with Gasteiger partial charge in [-0.05, 0) is 157 Å². The second kappa shape index (κ2) is 14.6. The molecule has 1 saturated carbocycles. The van der Waals surface area contributed by atoms with Crippen LogP contribution in [0.5, 0.6) is 0 Å².